The fourth-order valence-corrected chi connectivity index (χ4v) is 8.43. The number of likely N-dealkylation sites (N-methyl/N-ethyl adjacent to an activating group) is 1. The molecule has 228 valence electrons. The Morgan fingerprint density at radius 1 is 1.07 bits per heavy atom. The number of piperazine rings is 1. The Morgan fingerprint density at radius 3 is 2.28 bits per heavy atom. The van der Waals surface area contributed by atoms with Crippen molar-refractivity contribution < 1.29 is 9.59 Å². The van der Waals surface area contributed by atoms with Gasteiger partial charge >= 0.3 is 0 Å². The number of fused-ring (bicyclic) bond motifs is 1. The zero-order valence-electron chi connectivity index (χ0n) is 25.4. The lowest BCUT2D eigenvalue weighted by Gasteiger charge is -2.38. The van der Waals surface area contributed by atoms with Gasteiger partial charge in [-0.1, -0.05) is 61.3 Å². The third-order valence-electron chi connectivity index (χ3n) is 9.33. The molecule has 7 nitrogen and oxygen atoms in total. The van der Waals surface area contributed by atoms with Crippen molar-refractivity contribution in [1.82, 2.24) is 20.0 Å². The quantitative estimate of drug-likeness (QED) is 0.378. The molecule has 0 radical (unpaired) electrons. The van der Waals surface area contributed by atoms with Gasteiger partial charge in [0.25, 0.3) is 5.91 Å². The zero-order chi connectivity index (χ0) is 30.7. The first kappa shape index (κ1) is 30.5. The van der Waals surface area contributed by atoms with Gasteiger partial charge in [0.05, 0.1) is 6.04 Å². The summed E-state index contributed by atoms with van der Waals surface area (Å²) >= 11 is 14.0. The number of hydrogen-bond acceptors (Lipinski definition) is 6. The van der Waals surface area contributed by atoms with Crippen molar-refractivity contribution in [2.24, 2.45) is 10.9 Å². The van der Waals surface area contributed by atoms with E-state index in [1.165, 1.54) is 11.8 Å². The smallest absolute Gasteiger partial charge is 0.263 e. The molecule has 2 aromatic carbocycles. The van der Waals surface area contributed by atoms with Gasteiger partial charge in [-0.25, -0.2) is 4.99 Å². The minimum Gasteiger partial charge on any atom is -0.338 e. The van der Waals surface area contributed by atoms with Crippen LogP contribution in [0, 0.1) is 5.92 Å². The van der Waals surface area contributed by atoms with Crippen molar-refractivity contribution in [3.63, 3.8) is 0 Å². The molecule has 0 aromatic heterocycles. The molecule has 2 fully saturated rings. The van der Waals surface area contributed by atoms with E-state index in [2.05, 4.69) is 31.0 Å². The molecule has 3 atom stereocenters. The van der Waals surface area contributed by atoms with E-state index in [9.17, 15) is 9.59 Å². The predicted octanol–water partition coefficient (Wildman–Crippen LogP) is 6.44. The third-order valence-corrected chi connectivity index (χ3v) is 10.9. The van der Waals surface area contributed by atoms with Crippen molar-refractivity contribution in [2.45, 2.75) is 70.6 Å². The summed E-state index contributed by atoms with van der Waals surface area (Å²) in [4.78, 5) is 40.0. The number of nitrogens with zero attached hydrogens (tertiary/aromatic N) is 4. The molecule has 3 heterocycles. The summed E-state index contributed by atoms with van der Waals surface area (Å²) in [5.74, 6) is -0.0625. The molecule has 1 saturated carbocycles. The summed E-state index contributed by atoms with van der Waals surface area (Å²) < 4.78 is 0. The normalized spacial score (nSPS) is 24.8. The number of thioether (sulfide) groups is 1. The topological polar surface area (TPSA) is 68.2 Å². The van der Waals surface area contributed by atoms with Gasteiger partial charge in [0, 0.05) is 47.5 Å². The fourth-order valence-electron chi connectivity index (χ4n) is 6.82. The summed E-state index contributed by atoms with van der Waals surface area (Å²) in [5.41, 5.74) is 2.47. The van der Waals surface area contributed by atoms with Crippen molar-refractivity contribution in [1.29, 1.82) is 0 Å². The standard InChI is InChI=1S/C33H39Cl2N5O2S/c1-6-39(21(4)29(41)38-18-17-36-33(19-38)15-16-33)30(42)27-26(20(2)3)40-28(22-7-11-24(34)12-8-22)32(5,37-31(40)43-27)23-9-13-25(35)14-10-23/h7-14,20-21,28,36H,6,15-19H2,1-5H3/t21-,28+,32-/m0/s1. The molecule has 1 N–H and O–H groups in total. The zero-order valence-corrected chi connectivity index (χ0v) is 27.7. The summed E-state index contributed by atoms with van der Waals surface area (Å²) in [5, 5.41) is 5.69. The van der Waals surface area contributed by atoms with Crippen molar-refractivity contribution in [3.05, 3.63) is 80.3 Å². The second-order valence-corrected chi connectivity index (χ2v) is 14.4. The van der Waals surface area contributed by atoms with Crippen LogP contribution in [0.1, 0.15) is 64.6 Å². The first-order valence-electron chi connectivity index (χ1n) is 15.2. The Morgan fingerprint density at radius 2 is 1.70 bits per heavy atom. The molecule has 0 bridgehead atoms. The van der Waals surface area contributed by atoms with E-state index in [0.29, 0.717) is 34.6 Å². The van der Waals surface area contributed by atoms with Gasteiger partial charge in [-0.15, -0.1) is 0 Å². The van der Waals surface area contributed by atoms with Gasteiger partial charge in [-0.3, -0.25) is 9.59 Å². The van der Waals surface area contributed by atoms with Gasteiger partial charge < -0.3 is 20.0 Å². The van der Waals surface area contributed by atoms with Crippen molar-refractivity contribution in [3.8, 4) is 0 Å². The average molecular weight is 641 g/mol. The molecule has 2 aromatic rings. The molecule has 2 amide bonds. The van der Waals surface area contributed by atoms with E-state index in [-0.39, 0.29) is 29.3 Å². The van der Waals surface area contributed by atoms with Crippen molar-refractivity contribution >= 4 is 51.9 Å². The highest BCUT2D eigenvalue weighted by Crippen LogP contribution is 2.56. The Bertz CT molecular complexity index is 1490. The lowest BCUT2D eigenvalue weighted by Crippen LogP contribution is -2.58. The number of carbonyl (C=O) groups excluding carboxylic acids is 2. The molecule has 6 rings (SSSR count). The van der Waals surface area contributed by atoms with Crippen LogP contribution in [0.4, 0.5) is 0 Å². The first-order valence-corrected chi connectivity index (χ1v) is 16.7. The highest BCUT2D eigenvalue weighted by atomic mass is 35.5. The van der Waals surface area contributed by atoms with Crippen molar-refractivity contribution in [2.75, 3.05) is 26.2 Å². The minimum atomic E-state index is -0.635. The monoisotopic (exact) mass is 639 g/mol. The van der Waals surface area contributed by atoms with Crippen LogP contribution in [0.2, 0.25) is 10.0 Å². The second kappa shape index (κ2) is 11.4. The predicted molar refractivity (Wildman–Crippen MR) is 175 cm³/mol. The maximum Gasteiger partial charge on any atom is 0.263 e. The maximum absolute atomic E-state index is 14.4. The first-order chi connectivity index (χ1) is 20.5. The molecule has 3 aliphatic heterocycles. The van der Waals surface area contributed by atoms with Crippen LogP contribution in [-0.4, -0.2) is 69.4 Å². The molecule has 1 saturated heterocycles. The minimum absolute atomic E-state index is 0.0184. The molecule has 10 heteroatoms. The fraction of sp³-hybridized carbons (Fsp3) is 0.485. The number of carbonyl (C=O) groups is 2. The summed E-state index contributed by atoms with van der Waals surface area (Å²) in [6.07, 6.45) is 2.20. The molecule has 1 spiro atoms. The summed E-state index contributed by atoms with van der Waals surface area (Å²) in [7, 11) is 0. The Kier molecular flexibility index (Phi) is 8.12. The van der Waals surface area contributed by atoms with E-state index in [1.54, 1.807) is 4.90 Å². The number of rotatable bonds is 7. The third kappa shape index (κ3) is 5.39. The Hall–Kier alpha value is -2.52. The summed E-state index contributed by atoms with van der Waals surface area (Å²) in [6.45, 7) is 12.8. The van der Waals surface area contributed by atoms with Gasteiger partial charge in [0.15, 0.2) is 5.17 Å². The number of nitrogens with one attached hydrogen (secondary N) is 1. The number of benzene rings is 2. The van der Waals surface area contributed by atoms with Crippen LogP contribution in [0.3, 0.4) is 0 Å². The van der Waals surface area contributed by atoms with E-state index >= 15 is 0 Å². The highest BCUT2D eigenvalue weighted by Gasteiger charge is 2.54. The summed E-state index contributed by atoms with van der Waals surface area (Å²) in [6, 6.07) is 15.0. The van der Waals surface area contributed by atoms with Gasteiger partial charge in [-0.05, 0) is 86.7 Å². The number of amidine groups is 1. The van der Waals surface area contributed by atoms with E-state index in [1.807, 2.05) is 67.3 Å². The second-order valence-electron chi connectivity index (χ2n) is 12.6. The molecule has 4 aliphatic rings. The number of halogens is 2. The largest absolute Gasteiger partial charge is 0.338 e. The highest BCUT2D eigenvalue weighted by molar-refractivity contribution is 8.18. The molecule has 0 unspecified atom stereocenters. The van der Waals surface area contributed by atoms with Crippen LogP contribution in [0.15, 0.2) is 64.1 Å². The average Bonchev–Trinajstić information content (AvgIpc) is 3.51. The number of allylic oxidation sites excluding steroid dienone is 1. The molecular weight excluding hydrogens is 601 g/mol. The lowest BCUT2D eigenvalue weighted by molar-refractivity contribution is -0.143. The van der Waals surface area contributed by atoms with E-state index in [0.717, 1.165) is 41.4 Å². The lowest BCUT2D eigenvalue weighted by atomic mass is 9.81. The Balaban J connectivity index is 1.36. The van der Waals surface area contributed by atoms with Crippen LogP contribution < -0.4 is 5.32 Å². The number of aliphatic imine (C=N–C) groups is 1. The number of hydrogen-bond donors (Lipinski definition) is 1. The van der Waals surface area contributed by atoms with Gasteiger partial charge in [0.1, 0.15) is 16.5 Å². The molecule has 43 heavy (non-hydrogen) atoms. The molecular formula is C33H39Cl2N5O2S. The number of amides is 2. The molecule has 1 aliphatic carbocycles. The SMILES string of the molecule is CCN(C(=O)C1=C(C(C)C)N2C(=N[C@@](C)(c3ccc(Cl)cc3)[C@H]2c2ccc(Cl)cc2)S1)[C@@H](C)C(=O)N1CCNC2(CC2)C1. The van der Waals surface area contributed by atoms with Crippen LogP contribution in [0.25, 0.3) is 0 Å². The van der Waals surface area contributed by atoms with Gasteiger partial charge in [0.2, 0.25) is 5.91 Å². The van der Waals surface area contributed by atoms with Gasteiger partial charge in [-0.2, -0.15) is 0 Å². The van der Waals surface area contributed by atoms with E-state index < -0.39 is 11.6 Å². The Labute approximate surface area is 268 Å². The maximum atomic E-state index is 14.4. The van der Waals surface area contributed by atoms with Crippen LogP contribution >= 0.6 is 35.0 Å². The van der Waals surface area contributed by atoms with Crippen LogP contribution in [0.5, 0.6) is 0 Å². The van der Waals surface area contributed by atoms with E-state index in [4.69, 9.17) is 28.2 Å². The van der Waals surface area contributed by atoms with Crippen LogP contribution in [-0.2, 0) is 15.1 Å².